The molecule has 0 saturated heterocycles. The normalized spacial score (nSPS) is 18.4. The molecule has 0 saturated carbocycles. The van der Waals surface area contributed by atoms with Crippen LogP contribution in [0.15, 0.2) is 47.4 Å². The van der Waals surface area contributed by atoms with E-state index in [1.54, 1.807) is 0 Å². The molecule has 0 fully saturated rings. The van der Waals surface area contributed by atoms with Gasteiger partial charge >= 0.3 is 11.9 Å². The average Bonchev–Trinajstić information content (AvgIpc) is 2.68. The summed E-state index contributed by atoms with van der Waals surface area (Å²) in [4.78, 5) is 38.0. The molecule has 0 bridgehead atoms. The van der Waals surface area contributed by atoms with Crippen LogP contribution in [0.1, 0.15) is 28.4 Å². The van der Waals surface area contributed by atoms with Crippen molar-refractivity contribution in [2.24, 2.45) is 0 Å². The van der Waals surface area contributed by atoms with Crippen molar-refractivity contribution >= 4 is 34.3 Å². The lowest BCUT2D eigenvalue weighted by Gasteiger charge is -2.33. The second-order valence-corrected chi connectivity index (χ2v) is 7.79. The lowest BCUT2D eigenvalue weighted by atomic mass is 10.1. The Morgan fingerprint density at radius 2 is 1.82 bits per heavy atom. The third-order valence-corrected chi connectivity index (χ3v) is 5.75. The largest absolute Gasteiger partial charge is 0.465 e. The van der Waals surface area contributed by atoms with Crippen LogP contribution in [-0.4, -0.2) is 34.6 Å². The highest BCUT2D eigenvalue weighted by atomic mass is 32.2. The number of benzene rings is 2. The Morgan fingerprint density at radius 1 is 1.14 bits per heavy atom. The standard InChI is InChI=1S/C20H19NO6S/c1-12-4-6-14(7-5-12)11-21-16-10-15(19(24)26-3)8-9-17(16)28(25)20(18(21)23)27-13(2)22/h4-10,20H,11H2,1-3H3. The molecule has 3 rings (SSSR count). The highest BCUT2D eigenvalue weighted by molar-refractivity contribution is 7.86. The minimum absolute atomic E-state index is 0.172. The van der Waals surface area contributed by atoms with Crippen molar-refractivity contribution in [3.8, 4) is 0 Å². The molecule has 1 amide bonds. The molecule has 8 heteroatoms. The van der Waals surface area contributed by atoms with Crippen molar-refractivity contribution in [3.05, 3.63) is 59.2 Å². The van der Waals surface area contributed by atoms with Crippen LogP contribution in [0.2, 0.25) is 0 Å². The SMILES string of the molecule is COC(=O)c1ccc2c(c1)N(Cc1ccc(C)cc1)C(=O)C(OC(C)=O)S2=O. The third kappa shape index (κ3) is 3.82. The summed E-state index contributed by atoms with van der Waals surface area (Å²) in [6.45, 7) is 3.28. The lowest BCUT2D eigenvalue weighted by molar-refractivity contribution is -0.148. The van der Waals surface area contributed by atoms with Crippen LogP contribution in [0.25, 0.3) is 0 Å². The molecular formula is C20H19NO6S. The van der Waals surface area contributed by atoms with Gasteiger partial charge in [0.25, 0.3) is 11.3 Å². The number of aryl methyl sites for hydroxylation is 1. The van der Waals surface area contributed by atoms with Crippen molar-refractivity contribution in [3.63, 3.8) is 0 Å². The fourth-order valence-electron chi connectivity index (χ4n) is 2.88. The lowest BCUT2D eigenvalue weighted by Crippen LogP contribution is -2.47. The zero-order valence-corrected chi connectivity index (χ0v) is 16.4. The first-order valence-electron chi connectivity index (χ1n) is 8.49. The molecule has 28 heavy (non-hydrogen) atoms. The van der Waals surface area contributed by atoms with E-state index in [-0.39, 0.29) is 12.1 Å². The molecule has 1 heterocycles. The zero-order chi connectivity index (χ0) is 20.4. The summed E-state index contributed by atoms with van der Waals surface area (Å²) in [5.41, 5.74) is 1.03. The van der Waals surface area contributed by atoms with Crippen LogP contribution in [-0.2, 0) is 36.4 Å². The number of esters is 2. The van der Waals surface area contributed by atoms with E-state index in [9.17, 15) is 18.6 Å². The number of methoxy groups -OCH3 is 1. The fraction of sp³-hybridized carbons (Fsp3) is 0.250. The first kappa shape index (κ1) is 19.8. The van der Waals surface area contributed by atoms with Gasteiger partial charge in [0.05, 0.1) is 29.8 Å². The predicted molar refractivity (Wildman–Crippen MR) is 102 cm³/mol. The molecule has 0 radical (unpaired) electrons. The van der Waals surface area contributed by atoms with E-state index >= 15 is 0 Å². The van der Waals surface area contributed by atoms with Gasteiger partial charge in [-0.15, -0.1) is 0 Å². The molecule has 146 valence electrons. The summed E-state index contributed by atoms with van der Waals surface area (Å²) >= 11 is 0. The minimum atomic E-state index is -1.90. The van der Waals surface area contributed by atoms with Crippen LogP contribution in [0, 0.1) is 6.92 Å². The van der Waals surface area contributed by atoms with Gasteiger partial charge in [-0.05, 0) is 30.7 Å². The molecule has 2 aromatic carbocycles. The average molecular weight is 401 g/mol. The summed E-state index contributed by atoms with van der Waals surface area (Å²) in [7, 11) is -0.640. The maximum Gasteiger partial charge on any atom is 0.337 e. The molecule has 0 aromatic heterocycles. The summed E-state index contributed by atoms with van der Waals surface area (Å²) in [5.74, 6) is -1.88. The van der Waals surface area contributed by atoms with Crippen LogP contribution < -0.4 is 4.90 Å². The van der Waals surface area contributed by atoms with Crippen molar-refractivity contribution in [1.29, 1.82) is 0 Å². The van der Waals surface area contributed by atoms with Crippen LogP contribution in [0.3, 0.4) is 0 Å². The van der Waals surface area contributed by atoms with Crippen molar-refractivity contribution in [2.45, 2.75) is 30.7 Å². The Kier molecular flexibility index (Phi) is 5.60. The van der Waals surface area contributed by atoms with E-state index in [1.165, 1.54) is 30.2 Å². The van der Waals surface area contributed by atoms with E-state index < -0.39 is 34.1 Å². The molecule has 2 aromatic rings. The van der Waals surface area contributed by atoms with Crippen LogP contribution in [0.5, 0.6) is 0 Å². The number of amides is 1. The number of carbonyl (C=O) groups excluding carboxylic acids is 3. The summed E-state index contributed by atoms with van der Waals surface area (Å²) < 4.78 is 22.6. The summed E-state index contributed by atoms with van der Waals surface area (Å²) in [5, 5.41) is 0. The van der Waals surface area contributed by atoms with Gasteiger partial charge in [-0.25, -0.2) is 9.00 Å². The van der Waals surface area contributed by atoms with Gasteiger partial charge in [0, 0.05) is 6.92 Å². The zero-order valence-electron chi connectivity index (χ0n) is 15.6. The van der Waals surface area contributed by atoms with Gasteiger partial charge in [0.2, 0.25) is 0 Å². The van der Waals surface area contributed by atoms with E-state index in [4.69, 9.17) is 9.47 Å². The van der Waals surface area contributed by atoms with E-state index in [2.05, 4.69) is 0 Å². The molecule has 2 atom stereocenters. The maximum atomic E-state index is 13.0. The van der Waals surface area contributed by atoms with Gasteiger partial charge < -0.3 is 14.4 Å². The van der Waals surface area contributed by atoms with Gasteiger partial charge in [0.1, 0.15) is 10.8 Å². The van der Waals surface area contributed by atoms with Crippen molar-refractivity contribution in [1.82, 2.24) is 0 Å². The highest BCUT2D eigenvalue weighted by Gasteiger charge is 2.41. The van der Waals surface area contributed by atoms with Crippen LogP contribution >= 0.6 is 0 Å². The second kappa shape index (κ2) is 7.93. The number of nitrogens with zero attached hydrogens (tertiary/aromatic N) is 1. The maximum absolute atomic E-state index is 13.0. The smallest absolute Gasteiger partial charge is 0.337 e. The predicted octanol–water partition coefficient (Wildman–Crippen LogP) is 2.33. The molecule has 1 aliphatic rings. The summed E-state index contributed by atoms with van der Waals surface area (Å²) in [6, 6.07) is 12.0. The number of fused-ring (bicyclic) bond motifs is 1. The first-order chi connectivity index (χ1) is 13.3. The molecule has 1 aliphatic heterocycles. The number of anilines is 1. The number of hydrogen-bond acceptors (Lipinski definition) is 6. The Labute approximate surface area is 164 Å². The molecule has 0 aliphatic carbocycles. The monoisotopic (exact) mass is 401 g/mol. The molecule has 0 N–H and O–H groups in total. The van der Waals surface area contributed by atoms with Crippen molar-refractivity contribution < 1.29 is 28.1 Å². The van der Waals surface area contributed by atoms with E-state index in [0.717, 1.165) is 18.1 Å². The van der Waals surface area contributed by atoms with Crippen molar-refractivity contribution in [2.75, 3.05) is 12.0 Å². The Hall–Kier alpha value is -3.00. The first-order valence-corrected chi connectivity index (χ1v) is 9.70. The van der Waals surface area contributed by atoms with Gasteiger partial charge in [0.15, 0.2) is 0 Å². The number of carbonyl (C=O) groups is 3. The van der Waals surface area contributed by atoms with Crippen LogP contribution in [0.4, 0.5) is 5.69 Å². The fourth-order valence-corrected chi connectivity index (χ4v) is 4.22. The molecular weight excluding hydrogens is 382 g/mol. The highest BCUT2D eigenvalue weighted by Crippen LogP contribution is 2.35. The molecule has 7 nitrogen and oxygen atoms in total. The van der Waals surface area contributed by atoms with E-state index in [1.807, 2.05) is 31.2 Å². The van der Waals surface area contributed by atoms with E-state index in [0.29, 0.717) is 10.6 Å². The Bertz CT molecular complexity index is 969. The quantitative estimate of drug-likeness (QED) is 0.731. The minimum Gasteiger partial charge on any atom is -0.465 e. The third-order valence-electron chi connectivity index (χ3n) is 4.28. The second-order valence-electron chi connectivity index (χ2n) is 6.32. The molecule has 2 unspecified atom stereocenters. The van der Waals surface area contributed by atoms with Gasteiger partial charge in [-0.1, -0.05) is 29.8 Å². The number of rotatable bonds is 4. The Balaban J connectivity index is 2.09. The number of hydrogen-bond donors (Lipinski definition) is 0. The summed E-state index contributed by atoms with van der Waals surface area (Å²) in [6.07, 6.45) is 0. The molecule has 0 spiro atoms. The van der Waals surface area contributed by atoms with Gasteiger partial charge in [-0.2, -0.15) is 0 Å². The Morgan fingerprint density at radius 3 is 2.43 bits per heavy atom. The topological polar surface area (TPSA) is 90.0 Å². The number of ether oxygens (including phenoxy) is 2. The van der Waals surface area contributed by atoms with Gasteiger partial charge in [-0.3, -0.25) is 9.59 Å².